The van der Waals surface area contributed by atoms with Crippen LogP contribution in [0.3, 0.4) is 0 Å². The standard InChI is InChI=1S/C14H20N2O2/c1-10(11-4-2-5-12(15)8-11)13(17)16-9-14(18)6-3-7-14/h2,4-5,8,10,18H,3,6-7,9,15H2,1H3,(H,16,17). The summed E-state index contributed by atoms with van der Waals surface area (Å²) < 4.78 is 0. The van der Waals surface area contributed by atoms with Gasteiger partial charge in [0.1, 0.15) is 0 Å². The molecule has 0 aromatic heterocycles. The molecule has 1 aliphatic carbocycles. The van der Waals surface area contributed by atoms with Crippen molar-refractivity contribution in [1.29, 1.82) is 0 Å². The van der Waals surface area contributed by atoms with Gasteiger partial charge in [0.2, 0.25) is 5.91 Å². The van der Waals surface area contributed by atoms with E-state index in [1.165, 1.54) is 0 Å². The van der Waals surface area contributed by atoms with Crippen LogP contribution in [0.5, 0.6) is 0 Å². The number of amides is 1. The molecule has 2 rings (SSSR count). The van der Waals surface area contributed by atoms with E-state index in [4.69, 9.17) is 5.73 Å². The molecule has 0 bridgehead atoms. The first-order chi connectivity index (χ1) is 8.50. The minimum absolute atomic E-state index is 0.0686. The highest BCUT2D eigenvalue weighted by atomic mass is 16.3. The van der Waals surface area contributed by atoms with Gasteiger partial charge in [0.25, 0.3) is 0 Å². The van der Waals surface area contributed by atoms with Crippen molar-refractivity contribution >= 4 is 11.6 Å². The van der Waals surface area contributed by atoms with E-state index >= 15 is 0 Å². The molecule has 1 unspecified atom stereocenters. The van der Waals surface area contributed by atoms with Crippen LogP contribution < -0.4 is 11.1 Å². The molecule has 1 aliphatic rings. The molecule has 4 nitrogen and oxygen atoms in total. The summed E-state index contributed by atoms with van der Waals surface area (Å²) in [5.41, 5.74) is 6.58. The predicted molar refractivity (Wildman–Crippen MR) is 71.1 cm³/mol. The predicted octanol–water partition coefficient (Wildman–Crippen LogP) is 1.40. The second kappa shape index (κ2) is 4.98. The van der Waals surface area contributed by atoms with Crippen LogP contribution in [0, 0.1) is 0 Å². The van der Waals surface area contributed by atoms with E-state index in [0.717, 1.165) is 24.8 Å². The maximum Gasteiger partial charge on any atom is 0.227 e. The van der Waals surface area contributed by atoms with Crippen LogP contribution in [-0.4, -0.2) is 23.2 Å². The van der Waals surface area contributed by atoms with Gasteiger partial charge < -0.3 is 16.2 Å². The average molecular weight is 248 g/mol. The van der Waals surface area contributed by atoms with Gasteiger partial charge in [-0.2, -0.15) is 0 Å². The molecule has 1 aromatic carbocycles. The summed E-state index contributed by atoms with van der Waals surface area (Å²) in [6, 6.07) is 7.33. The first-order valence-corrected chi connectivity index (χ1v) is 6.36. The van der Waals surface area contributed by atoms with Crippen LogP contribution >= 0.6 is 0 Å². The molecule has 18 heavy (non-hydrogen) atoms. The van der Waals surface area contributed by atoms with Crippen molar-refractivity contribution in [2.24, 2.45) is 0 Å². The van der Waals surface area contributed by atoms with E-state index in [1.54, 1.807) is 6.07 Å². The fourth-order valence-corrected chi connectivity index (χ4v) is 2.15. The number of aliphatic hydroxyl groups is 1. The Morgan fingerprint density at radius 3 is 2.83 bits per heavy atom. The molecule has 1 fully saturated rings. The van der Waals surface area contributed by atoms with Gasteiger partial charge in [0, 0.05) is 12.2 Å². The van der Waals surface area contributed by atoms with E-state index in [2.05, 4.69) is 5.32 Å². The SMILES string of the molecule is CC(C(=O)NCC1(O)CCC1)c1cccc(N)c1. The number of nitrogen functional groups attached to an aromatic ring is 1. The Bertz CT molecular complexity index is 441. The van der Waals surface area contributed by atoms with Gasteiger partial charge in [-0.15, -0.1) is 0 Å². The van der Waals surface area contributed by atoms with Crippen molar-refractivity contribution in [3.05, 3.63) is 29.8 Å². The molecule has 1 amide bonds. The van der Waals surface area contributed by atoms with Crippen LogP contribution in [0.25, 0.3) is 0 Å². The molecule has 1 saturated carbocycles. The number of anilines is 1. The monoisotopic (exact) mass is 248 g/mol. The number of nitrogens with two attached hydrogens (primary N) is 1. The molecule has 0 saturated heterocycles. The lowest BCUT2D eigenvalue weighted by Gasteiger charge is -2.36. The topological polar surface area (TPSA) is 75.3 Å². The summed E-state index contributed by atoms with van der Waals surface area (Å²) >= 11 is 0. The molecule has 4 N–H and O–H groups in total. The molecule has 4 heteroatoms. The van der Waals surface area contributed by atoms with Crippen LogP contribution in [0.2, 0.25) is 0 Å². The number of carbonyl (C=O) groups excluding carboxylic acids is 1. The lowest BCUT2D eigenvalue weighted by Crippen LogP contribution is -2.48. The van der Waals surface area contributed by atoms with E-state index < -0.39 is 5.60 Å². The number of hydrogen-bond donors (Lipinski definition) is 3. The lowest BCUT2D eigenvalue weighted by atomic mass is 9.80. The highest BCUT2D eigenvalue weighted by Crippen LogP contribution is 2.30. The highest BCUT2D eigenvalue weighted by Gasteiger charge is 2.34. The van der Waals surface area contributed by atoms with Crippen LogP contribution in [0.1, 0.15) is 37.7 Å². The highest BCUT2D eigenvalue weighted by molar-refractivity contribution is 5.83. The van der Waals surface area contributed by atoms with Crippen LogP contribution in [0.15, 0.2) is 24.3 Å². The van der Waals surface area contributed by atoms with E-state index in [1.807, 2.05) is 25.1 Å². The average Bonchev–Trinajstić information content (AvgIpc) is 2.32. The smallest absolute Gasteiger partial charge is 0.227 e. The second-order valence-corrected chi connectivity index (χ2v) is 5.19. The third kappa shape index (κ3) is 2.82. The summed E-state index contributed by atoms with van der Waals surface area (Å²) in [6.45, 7) is 2.19. The van der Waals surface area contributed by atoms with Gasteiger partial charge in [0.05, 0.1) is 11.5 Å². The molecule has 0 aliphatic heterocycles. The Labute approximate surface area is 107 Å². The third-order valence-corrected chi connectivity index (χ3v) is 3.68. The second-order valence-electron chi connectivity index (χ2n) is 5.19. The molecular weight excluding hydrogens is 228 g/mol. The van der Waals surface area contributed by atoms with Crippen molar-refractivity contribution in [2.75, 3.05) is 12.3 Å². The van der Waals surface area contributed by atoms with Crippen molar-refractivity contribution in [3.63, 3.8) is 0 Å². The van der Waals surface area contributed by atoms with Crippen LogP contribution in [0.4, 0.5) is 5.69 Å². The number of benzene rings is 1. The van der Waals surface area contributed by atoms with E-state index in [9.17, 15) is 9.90 Å². The quantitative estimate of drug-likeness (QED) is 0.705. The number of hydrogen-bond acceptors (Lipinski definition) is 3. The lowest BCUT2D eigenvalue weighted by molar-refractivity contribution is -0.124. The van der Waals surface area contributed by atoms with E-state index in [-0.39, 0.29) is 11.8 Å². The maximum absolute atomic E-state index is 12.0. The van der Waals surface area contributed by atoms with Crippen molar-refractivity contribution in [1.82, 2.24) is 5.32 Å². The largest absolute Gasteiger partial charge is 0.399 e. The Balaban J connectivity index is 1.92. The van der Waals surface area contributed by atoms with E-state index in [0.29, 0.717) is 12.2 Å². The number of rotatable bonds is 4. The molecule has 0 radical (unpaired) electrons. The van der Waals surface area contributed by atoms with Gasteiger partial charge in [-0.3, -0.25) is 4.79 Å². The summed E-state index contributed by atoms with van der Waals surface area (Å²) in [4.78, 5) is 12.0. The Hall–Kier alpha value is -1.55. The molecule has 1 aromatic rings. The Morgan fingerprint density at radius 1 is 1.56 bits per heavy atom. The Morgan fingerprint density at radius 2 is 2.28 bits per heavy atom. The summed E-state index contributed by atoms with van der Waals surface area (Å²) in [5.74, 6) is -0.321. The first kappa shape index (κ1) is 12.9. The zero-order valence-electron chi connectivity index (χ0n) is 10.6. The number of carbonyl (C=O) groups is 1. The van der Waals surface area contributed by atoms with Gasteiger partial charge in [-0.1, -0.05) is 12.1 Å². The number of nitrogens with one attached hydrogen (secondary N) is 1. The molecular formula is C14H20N2O2. The zero-order chi connectivity index (χ0) is 13.2. The summed E-state index contributed by atoms with van der Waals surface area (Å²) in [5, 5.41) is 12.7. The fourth-order valence-electron chi connectivity index (χ4n) is 2.15. The molecule has 98 valence electrons. The van der Waals surface area contributed by atoms with Crippen molar-refractivity contribution in [3.8, 4) is 0 Å². The first-order valence-electron chi connectivity index (χ1n) is 6.36. The third-order valence-electron chi connectivity index (χ3n) is 3.68. The summed E-state index contributed by atoms with van der Waals surface area (Å²) in [6.07, 6.45) is 2.59. The fraction of sp³-hybridized carbons (Fsp3) is 0.500. The van der Waals surface area contributed by atoms with Gasteiger partial charge in [-0.05, 0) is 43.9 Å². The minimum Gasteiger partial charge on any atom is -0.399 e. The minimum atomic E-state index is -0.676. The molecule has 0 heterocycles. The van der Waals surface area contributed by atoms with Gasteiger partial charge >= 0.3 is 0 Å². The normalized spacial score (nSPS) is 18.8. The van der Waals surface area contributed by atoms with Crippen molar-refractivity contribution in [2.45, 2.75) is 37.7 Å². The molecule has 0 spiro atoms. The van der Waals surface area contributed by atoms with Crippen molar-refractivity contribution < 1.29 is 9.90 Å². The van der Waals surface area contributed by atoms with Gasteiger partial charge in [0.15, 0.2) is 0 Å². The zero-order valence-corrected chi connectivity index (χ0v) is 10.6. The summed E-state index contributed by atoms with van der Waals surface area (Å²) in [7, 11) is 0. The van der Waals surface area contributed by atoms with Crippen LogP contribution in [-0.2, 0) is 4.79 Å². The maximum atomic E-state index is 12.0. The molecule has 1 atom stereocenters. The Kier molecular flexibility index (Phi) is 3.57. The van der Waals surface area contributed by atoms with Gasteiger partial charge in [-0.25, -0.2) is 0 Å².